The van der Waals surface area contributed by atoms with Gasteiger partial charge in [-0.15, -0.1) is 0 Å². The first kappa shape index (κ1) is 19.8. The van der Waals surface area contributed by atoms with Gasteiger partial charge in [-0.3, -0.25) is 9.52 Å². The molecule has 1 aliphatic heterocycles. The zero-order valence-corrected chi connectivity index (χ0v) is 17.0. The summed E-state index contributed by atoms with van der Waals surface area (Å²) in [5, 5.41) is 2.74. The van der Waals surface area contributed by atoms with E-state index in [4.69, 9.17) is 9.47 Å². The Balaban J connectivity index is 1.49. The minimum atomic E-state index is -3.88. The molecule has 4 rings (SSSR count). The molecule has 30 heavy (non-hydrogen) atoms. The summed E-state index contributed by atoms with van der Waals surface area (Å²) in [5.41, 5.74) is 1.66. The zero-order valence-electron chi connectivity index (χ0n) is 16.2. The molecule has 2 N–H and O–H groups in total. The molecule has 1 amide bonds. The first-order valence-corrected chi connectivity index (χ1v) is 10.8. The highest BCUT2D eigenvalue weighted by molar-refractivity contribution is 7.92. The molecule has 0 bridgehead atoms. The average Bonchev–Trinajstić information content (AvgIpc) is 3.19. The van der Waals surface area contributed by atoms with Crippen molar-refractivity contribution >= 4 is 27.3 Å². The second-order valence-corrected chi connectivity index (χ2v) is 8.42. The van der Waals surface area contributed by atoms with E-state index in [1.807, 2.05) is 24.3 Å². The van der Waals surface area contributed by atoms with Crippen molar-refractivity contribution in [2.24, 2.45) is 0 Å². The van der Waals surface area contributed by atoms with E-state index in [9.17, 15) is 13.2 Å². The van der Waals surface area contributed by atoms with Crippen LogP contribution >= 0.6 is 0 Å². The molecule has 0 aliphatic carbocycles. The predicted molar refractivity (Wildman–Crippen MR) is 113 cm³/mol. The highest BCUT2D eigenvalue weighted by Crippen LogP contribution is 2.29. The first-order chi connectivity index (χ1) is 14.5. The van der Waals surface area contributed by atoms with Gasteiger partial charge in [-0.1, -0.05) is 36.4 Å². The third kappa shape index (κ3) is 4.08. The van der Waals surface area contributed by atoms with E-state index < -0.39 is 16.1 Å². The van der Waals surface area contributed by atoms with Crippen molar-refractivity contribution in [3.05, 3.63) is 78.4 Å². The number of sulfonamides is 1. The second-order valence-electron chi connectivity index (χ2n) is 6.74. The van der Waals surface area contributed by atoms with Crippen molar-refractivity contribution in [3.63, 3.8) is 0 Å². The van der Waals surface area contributed by atoms with Crippen LogP contribution in [0.4, 0.5) is 11.4 Å². The Labute approximate surface area is 174 Å². The van der Waals surface area contributed by atoms with Gasteiger partial charge in [0.25, 0.3) is 15.9 Å². The van der Waals surface area contributed by atoms with Crippen molar-refractivity contribution in [1.29, 1.82) is 0 Å². The summed E-state index contributed by atoms with van der Waals surface area (Å²) in [6, 6.07) is 20.2. The maximum atomic E-state index is 12.8. The topological polar surface area (TPSA) is 93.7 Å². The van der Waals surface area contributed by atoms with E-state index in [1.165, 1.54) is 19.2 Å². The third-order valence-corrected chi connectivity index (χ3v) is 6.07. The maximum Gasteiger partial charge on any atom is 0.265 e. The van der Waals surface area contributed by atoms with Crippen LogP contribution in [0.3, 0.4) is 0 Å². The van der Waals surface area contributed by atoms with Crippen molar-refractivity contribution in [1.82, 2.24) is 0 Å². The lowest BCUT2D eigenvalue weighted by molar-refractivity contribution is -0.122. The number of rotatable bonds is 6. The molecule has 0 saturated heterocycles. The van der Waals surface area contributed by atoms with Gasteiger partial charge in [-0.05, 0) is 42.0 Å². The summed E-state index contributed by atoms with van der Waals surface area (Å²) in [6.45, 7) is 0. The Morgan fingerprint density at radius 3 is 2.60 bits per heavy atom. The largest absolute Gasteiger partial charge is 0.495 e. The molecule has 1 atom stereocenters. The Kier molecular flexibility index (Phi) is 5.33. The summed E-state index contributed by atoms with van der Waals surface area (Å²) < 4.78 is 39.0. The van der Waals surface area contributed by atoms with Gasteiger partial charge in [0.15, 0.2) is 6.10 Å². The quantitative estimate of drug-likeness (QED) is 0.632. The Bertz CT molecular complexity index is 1170. The number of hydrogen-bond donors (Lipinski definition) is 2. The molecule has 0 radical (unpaired) electrons. The number of benzene rings is 3. The van der Waals surface area contributed by atoms with E-state index >= 15 is 0 Å². The molecule has 3 aromatic carbocycles. The van der Waals surface area contributed by atoms with Gasteiger partial charge in [0.2, 0.25) is 0 Å². The standard InChI is InChI=1S/C22H20N2O5S/c1-28-20-12-5-3-10-18(20)24-30(26,27)17-9-6-8-16(14-17)23-22(25)21-13-15-7-2-4-11-19(15)29-21/h2-12,14,21,24H,13H2,1H3,(H,23,25)/t21-/m0/s1. The SMILES string of the molecule is COc1ccccc1NS(=O)(=O)c1cccc(NC(=O)[C@@H]2Cc3ccccc3O2)c1. The number of nitrogens with one attached hydrogen (secondary N) is 2. The number of para-hydroxylation sites is 3. The molecule has 8 heteroatoms. The molecule has 154 valence electrons. The van der Waals surface area contributed by atoms with Gasteiger partial charge in [-0.2, -0.15) is 0 Å². The highest BCUT2D eigenvalue weighted by Gasteiger charge is 2.29. The van der Waals surface area contributed by atoms with Crippen LogP contribution in [0.25, 0.3) is 0 Å². The lowest BCUT2D eigenvalue weighted by Crippen LogP contribution is -2.31. The molecule has 0 aromatic heterocycles. The van der Waals surface area contributed by atoms with Crippen molar-refractivity contribution < 1.29 is 22.7 Å². The second kappa shape index (κ2) is 8.08. The Morgan fingerprint density at radius 2 is 1.80 bits per heavy atom. The smallest absolute Gasteiger partial charge is 0.265 e. The van der Waals surface area contributed by atoms with E-state index in [0.29, 0.717) is 29.3 Å². The molecule has 0 spiro atoms. The fourth-order valence-electron chi connectivity index (χ4n) is 3.22. The fraction of sp³-hybridized carbons (Fsp3) is 0.136. The van der Waals surface area contributed by atoms with Gasteiger partial charge in [0, 0.05) is 12.1 Å². The number of hydrogen-bond acceptors (Lipinski definition) is 5. The number of fused-ring (bicyclic) bond motifs is 1. The summed E-state index contributed by atoms with van der Waals surface area (Å²) in [4.78, 5) is 12.6. The number of methoxy groups -OCH3 is 1. The number of anilines is 2. The molecule has 3 aromatic rings. The van der Waals surface area contributed by atoms with Crippen molar-refractivity contribution in [2.45, 2.75) is 17.4 Å². The summed E-state index contributed by atoms with van der Waals surface area (Å²) in [5.74, 6) is 0.761. The van der Waals surface area contributed by atoms with Crippen LogP contribution in [0.1, 0.15) is 5.56 Å². The van der Waals surface area contributed by atoms with E-state index in [2.05, 4.69) is 10.0 Å². The number of amides is 1. The highest BCUT2D eigenvalue weighted by atomic mass is 32.2. The molecule has 1 aliphatic rings. The Hall–Kier alpha value is -3.52. The molecule has 0 fully saturated rings. The molecule has 0 saturated carbocycles. The third-order valence-electron chi connectivity index (χ3n) is 4.70. The predicted octanol–water partition coefficient (Wildman–Crippen LogP) is 3.44. The van der Waals surface area contributed by atoms with Crippen molar-refractivity contribution in [3.8, 4) is 11.5 Å². The van der Waals surface area contributed by atoms with Crippen LogP contribution in [0.15, 0.2) is 77.7 Å². The molecule has 7 nitrogen and oxygen atoms in total. The van der Waals surface area contributed by atoms with Crippen LogP contribution in [0.2, 0.25) is 0 Å². The lowest BCUT2D eigenvalue weighted by Gasteiger charge is -2.14. The number of carbonyl (C=O) groups is 1. The summed E-state index contributed by atoms with van der Waals surface area (Å²) in [7, 11) is -2.41. The summed E-state index contributed by atoms with van der Waals surface area (Å²) >= 11 is 0. The molecule has 1 heterocycles. The van der Waals surface area contributed by atoms with Crippen LogP contribution in [-0.2, 0) is 21.2 Å². The normalized spacial score (nSPS) is 15.0. The van der Waals surface area contributed by atoms with E-state index in [1.54, 1.807) is 36.4 Å². The monoisotopic (exact) mass is 424 g/mol. The van der Waals surface area contributed by atoms with E-state index in [-0.39, 0.29) is 10.8 Å². The first-order valence-electron chi connectivity index (χ1n) is 9.27. The van der Waals surface area contributed by atoms with Crippen LogP contribution in [0, 0.1) is 0 Å². The van der Waals surface area contributed by atoms with Gasteiger partial charge in [0.1, 0.15) is 11.5 Å². The molecule has 0 unspecified atom stereocenters. The summed E-state index contributed by atoms with van der Waals surface area (Å²) in [6.07, 6.45) is -0.190. The van der Waals surface area contributed by atoms with Gasteiger partial charge in [0.05, 0.1) is 17.7 Å². The Morgan fingerprint density at radius 1 is 1.03 bits per heavy atom. The number of ether oxygens (including phenoxy) is 2. The van der Waals surface area contributed by atoms with E-state index in [0.717, 1.165) is 5.56 Å². The molecular formula is C22H20N2O5S. The minimum Gasteiger partial charge on any atom is -0.495 e. The van der Waals surface area contributed by atoms with Crippen LogP contribution in [-0.4, -0.2) is 27.5 Å². The van der Waals surface area contributed by atoms with Crippen LogP contribution in [0.5, 0.6) is 11.5 Å². The van der Waals surface area contributed by atoms with Gasteiger partial charge >= 0.3 is 0 Å². The fourth-order valence-corrected chi connectivity index (χ4v) is 4.34. The van der Waals surface area contributed by atoms with Crippen LogP contribution < -0.4 is 19.5 Å². The van der Waals surface area contributed by atoms with Gasteiger partial charge < -0.3 is 14.8 Å². The minimum absolute atomic E-state index is 0.0156. The lowest BCUT2D eigenvalue weighted by atomic mass is 10.1. The number of carbonyl (C=O) groups excluding carboxylic acids is 1. The zero-order chi connectivity index (χ0) is 21.1. The molecular weight excluding hydrogens is 404 g/mol. The van der Waals surface area contributed by atoms with Crippen molar-refractivity contribution in [2.75, 3.05) is 17.1 Å². The van der Waals surface area contributed by atoms with Gasteiger partial charge in [-0.25, -0.2) is 8.42 Å². The average molecular weight is 424 g/mol. The maximum absolute atomic E-state index is 12.8.